The third-order valence-corrected chi connectivity index (χ3v) is 5.30. The van der Waals surface area contributed by atoms with Gasteiger partial charge in [0, 0.05) is 38.1 Å². The topological polar surface area (TPSA) is 57.2 Å². The molecule has 1 aliphatic rings. The Hall–Kier alpha value is -1.96. The summed E-state index contributed by atoms with van der Waals surface area (Å²) in [7, 11) is 2.14. The number of hydrogen-bond donors (Lipinski definition) is 1. The van der Waals surface area contributed by atoms with E-state index in [1.54, 1.807) is 17.5 Å². The van der Waals surface area contributed by atoms with E-state index in [0.717, 1.165) is 55.4 Å². The molecule has 0 aromatic carbocycles. The summed E-state index contributed by atoms with van der Waals surface area (Å²) < 4.78 is 0. The number of aromatic nitrogens is 3. The third-order valence-electron chi connectivity index (χ3n) is 4.36. The fraction of sp³-hybridized carbons (Fsp3) is 0.353. The summed E-state index contributed by atoms with van der Waals surface area (Å²) in [5.74, 6) is 1.55. The lowest BCUT2D eigenvalue weighted by Gasteiger charge is -2.32. The van der Waals surface area contributed by atoms with Gasteiger partial charge in [0.2, 0.25) is 5.95 Å². The molecular weight excluding hydrogens is 356 g/mol. The molecule has 0 amide bonds. The molecule has 0 aliphatic carbocycles. The van der Waals surface area contributed by atoms with Crippen LogP contribution in [0.2, 0.25) is 5.15 Å². The number of anilines is 2. The van der Waals surface area contributed by atoms with Crippen molar-refractivity contribution in [3.05, 3.63) is 39.8 Å². The van der Waals surface area contributed by atoms with Gasteiger partial charge in [0.25, 0.3) is 0 Å². The molecule has 1 N–H and O–H groups in total. The number of fused-ring (bicyclic) bond motifs is 1. The molecule has 0 spiro atoms. The molecule has 130 valence electrons. The Morgan fingerprint density at radius 1 is 1.24 bits per heavy atom. The molecule has 4 heterocycles. The first-order chi connectivity index (χ1) is 12.2. The zero-order valence-corrected chi connectivity index (χ0v) is 15.5. The van der Waals surface area contributed by atoms with Crippen molar-refractivity contribution in [2.75, 3.05) is 43.4 Å². The van der Waals surface area contributed by atoms with Crippen molar-refractivity contribution < 1.29 is 0 Å². The summed E-state index contributed by atoms with van der Waals surface area (Å²) in [5.41, 5.74) is 2.04. The SMILES string of the molecule is CN1CCN(c2nc(NCc3ccsc3)c3cc(Cl)ncc3n2)CC1. The molecule has 0 unspecified atom stereocenters. The van der Waals surface area contributed by atoms with Crippen molar-refractivity contribution in [2.24, 2.45) is 0 Å². The molecule has 6 nitrogen and oxygen atoms in total. The molecule has 25 heavy (non-hydrogen) atoms. The summed E-state index contributed by atoms with van der Waals surface area (Å²) >= 11 is 7.78. The van der Waals surface area contributed by atoms with Crippen molar-refractivity contribution >= 4 is 45.6 Å². The van der Waals surface area contributed by atoms with Gasteiger partial charge in [-0.2, -0.15) is 16.3 Å². The molecule has 3 aromatic rings. The number of piperazine rings is 1. The van der Waals surface area contributed by atoms with Crippen LogP contribution >= 0.6 is 22.9 Å². The van der Waals surface area contributed by atoms with Gasteiger partial charge < -0.3 is 15.1 Å². The van der Waals surface area contributed by atoms with E-state index in [1.165, 1.54) is 5.56 Å². The van der Waals surface area contributed by atoms with Crippen LogP contribution in [0.3, 0.4) is 0 Å². The first-order valence-corrected chi connectivity index (χ1v) is 9.53. The number of halogens is 1. The Kier molecular flexibility index (Phi) is 4.70. The number of rotatable bonds is 4. The average Bonchev–Trinajstić information content (AvgIpc) is 3.14. The Balaban J connectivity index is 1.68. The number of pyridine rings is 1. The van der Waals surface area contributed by atoms with Gasteiger partial charge in [-0.15, -0.1) is 0 Å². The summed E-state index contributed by atoms with van der Waals surface area (Å²) in [6, 6.07) is 3.93. The van der Waals surface area contributed by atoms with Gasteiger partial charge in [0.15, 0.2) is 0 Å². The van der Waals surface area contributed by atoms with E-state index in [-0.39, 0.29) is 0 Å². The van der Waals surface area contributed by atoms with Crippen LogP contribution in [0.1, 0.15) is 5.56 Å². The maximum Gasteiger partial charge on any atom is 0.228 e. The van der Waals surface area contributed by atoms with Crippen LogP contribution in [0.15, 0.2) is 29.1 Å². The maximum atomic E-state index is 6.09. The minimum absolute atomic E-state index is 0.446. The highest BCUT2D eigenvalue weighted by Gasteiger charge is 2.18. The van der Waals surface area contributed by atoms with Crippen LogP contribution in [-0.4, -0.2) is 53.1 Å². The lowest BCUT2D eigenvalue weighted by atomic mass is 10.2. The fourth-order valence-electron chi connectivity index (χ4n) is 2.86. The van der Waals surface area contributed by atoms with Crippen LogP contribution in [0, 0.1) is 0 Å². The normalized spacial score (nSPS) is 15.7. The highest BCUT2D eigenvalue weighted by molar-refractivity contribution is 7.07. The predicted octanol–water partition coefficient (Wildman–Crippen LogP) is 3.10. The minimum Gasteiger partial charge on any atom is -0.365 e. The van der Waals surface area contributed by atoms with Gasteiger partial charge in [-0.3, -0.25) is 0 Å². The molecule has 1 fully saturated rings. The van der Waals surface area contributed by atoms with Crippen LogP contribution in [-0.2, 0) is 6.54 Å². The van der Waals surface area contributed by atoms with Gasteiger partial charge in [-0.1, -0.05) is 11.6 Å². The van der Waals surface area contributed by atoms with E-state index >= 15 is 0 Å². The maximum absolute atomic E-state index is 6.09. The highest BCUT2D eigenvalue weighted by Crippen LogP contribution is 2.26. The van der Waals surface area contributed by atoms with Crippen LogP contribution in [0.5, 0.6) is 0 Å². The summed E-state index contributed by atoms with van der Waals surface area (Å²) in [6.45, 7) is 4.59. The summed E-state index contributed by atoms with van der Waals surface area (Å²) in [6.07, 6.45) is 1.72. The van der Waals surface area contributed by atoms with Crippen molar-refractivity contribution in [1.29, 1.82) is 0 Å². The number of thiophene rings is 1. The largest absolute Gasteiger partial charge is 0.365 e. The van der Waals surface area contributed by atoms with Gasteiger partial charge in [-0.05, 0) is 35.5 Å². The number of nitrogens with one attached hydrogen (secondary N) is 1. The molecule has 4 rings (SSSR count). The second-order valence-corrected chi connectivity index (χ2v) is 7.34. The van der Waals surface area contributed by atoms with Crippen molar-refractivity contribution in [1.82, 2.24) is 19.9 Å². The van der Waals surface area contributed by atoms with Gasteiger partial charge in [0.1, 0.15) is 11.0 Å². The number of likely N-dealkylation sites (N-methyl/N-ethyl adjacent to an activating group) is 1. The molecule has 0 saturated carbocycles. The molecular formula is C17H19ClN6S. The van der Waals surface area contributed by atoms with E-state index in [4.69, 9.17) is 21.6 Å². The first kappa shape index (κ1) is 16.5. The molecule has 0 atom stereocenters. The van der Waals surface area contributed by atoms with E-state index < -0.39 is 0 Å². The zero-order valence-electron chi connectivity index (χ0n) is 13.9. The lowest BCUT2D eigenvalue weighted by Crippen LogP contribution is -2.45. The van der Waals surface area contributed by atoms with Crippen molar-refractivity contribution in [2.45, 2.75) is 6.54 Å². The van der Waals surface area contributed by atoms with Gasteiger partial charge in [-0.25, -0.2) is 9.97 Å². The summed E-state index contributed by atoms with van der Waals surface area (Å²) in [5, 5.41) is 8.99. The molecule has 1 saturated heterocycles. The molecule has 3 aromatic heterocycles. The van der Waals surface area contributed by atoms with E-state index in [0.29, 0.717) is 5.15 Å². The van der Waals surface area contributed by atoms with Crippen molar-refractivity contribution in [3.8, 4) is 0 Å². The van der Waals surface area contributed by atoms with E-state index in [1.807, 2.05) is 6.07 Å². The van der Waals surface area contributed by atoms with Crippen molar-refractivity contribution in [3.63, 3.8) is 0 Å². The molecule has 0 radical (unpaired) electrons. The standard InChI is InChI=1S/C17H19ClN6S/c1-23-3-5-24(6-4-23)17-21-14-10-19-15(18)8-13(14)16(22-17)20-9-12-2-7-25-11-12/h2,7-8,10-11H,3-6,9H2,1H3,(H,20,21,22). The Morgan fingerprint density at radius 3 is 2.84 bits per heavy atom. The lowest BCUT2D eigenvalue weighted by molar-refractivity contribution is 0.311. The minimum atomic E-state index is 0.446. The molecule has 1 aliphatic heterocycles. The monoisotopic (exact) mass is 374 g/mol. The summed E-state index contributed by atoms with van der Waals surface area (Å²) in [4.78, 5) is 18.2. The Labute approximate surface area is 155 Å². The molecule has 0 bridgehead atoms. The second-order valence-electron chi connectivity index (χ2n) is 6.17. The third kappa shape index (κ3) is 3.68. The quantitative estimate of drug-likeness (QED) is 0.708. The van der Waals surface area contributed by atoms with Gasteiger partial charge in [0.05, 0.1) is 11.7 Å². The Bertz CT molecular complexity index is 861. The van der Waals surface area contributed by atoms with Gasteiger partial charge >= 0.3 is 0 Å². The fourth-order valence-corrected chi connectivity index (χ4v) is 3.68. The highest BCUT2D eigenvalue weighted by atomic mass is 35.5. The van der Waals surface area contributed by atoms with E-state index in [9.17, 15) is 0 Å². The van der Waals surface area contributed by atoms with Crippen LogP contribution in [0.4, 0.5) is 11.8 Å². The Morgan fingerprint density at radius 2 is 2.08 bits per heavy atom. The molecule has 8 heteroatoms. The van der Waals surface area contributed by atoms with Crippen LogP contribution < -0.4 is 10.2 Å². The zero-order chi connectivity index (χ0) is 17.2. The first-order valence-electron chi connectivity index (χ1n) is 8.21. The smallest absolute Gasteiger partial charge is 0.228 e. The van der Waals surface area contributed by atoms with Crippen LogP contribution in [0.25, 0.3) is 10.9 Å². The number of nitrogens with zero attached hydrogens (tertiary/aromatic N) is 5. The van der Waals surface area contributed by atoms with E-state index in [2.05, 4.69) is 44.0 Å². The predicted molar refractivity (Wildman–Crippen MR) is 104 cm³/mol. The average molecular weight is 375 g/mol. The number of hydrogen-bond acceptors (Lipinski definition) is 7. The second kappa shape index (κ2) is 7.11.